The van der Waals surface area contributed by atoms with Crippen molar-refractivity contribution in [3.63, 3.8) is 0 Å². The number of carbonyl (C=O) groups is 2. The summed E-state index contributed by atoms with van der Waals surface area (Å²) in [5, 5.41) is 2.84. The van der Waals surface area contributed by atoms with E-state index in [1.165, 1.54) is 12.8 Å². The van der Waals surface area contributed by atoms with Crippen molar-refractivity contribution in [2.24, 2.45) is 0 Å². The summed E-state index contributed by atoms with van der Waals surface area (Å²) in [7, 11) is 1.56. The van der Waals surface area contributed by atoms with E-state index in [0.29, 0.717) is 43.7 Å². The van der Waals surface area contributed by atoms with Gasteiger partial charge >= 0.3 is 0 Å². The number of fused-ring (bicyclic) bond motifs is 1. The third kappa shape index (κ3) is 3.98. The molecule has 0 atom stereocenters. The summed E-state index contributed by atoms with van der Waals surface area (Å²) in [5.41, 5.74) is 2.12. The van der Waals surface area contributed by atoms with Crippen molar-refractivity contribution in [2.75, 3.05) is 20.3 Å². The molecule has 1 aliphatic heterocycles. The maximum Gasteiger partial charge on any atom is 0.256 e. The number of nitrogens with zero attached hydrogens (tertiary/aromatic N) is 2. The predicted molar refractivity (Wildman–Crippen MR) is 95.9 cm³/mol. The van der Waals surface area contributed by atoms with Crippen molar-refractivity contribution in [3.8, 4) is 5.88 Å². The molecule has 2 amide bonds. The summed E-state index contributed by atoms with van der Waals surface area (Å²) in [4.78, 5) is 31.2. The number of hydrogen-bond donors (Lipinski definition) is 1. The molecule has 7 nitrogen and oxygen atoms in total. The summed E-state index contributed by atoms with van der Waals surface area (Å²) in [6.07, 6.45) is 4.81. The number of hydrogen-bond acceptors (Lipinski definition) is 5. The van der Waals surface area contributed by atoms with Crippen LogP contribution < -0.4 is 10.1 Å². The fraction of sp³-hybridized carbons (Fsp3) is 0.632. The fourth-order valence-electron chi connectivity index (χ4n) is 3.67. The van der Waals surface area contributed by atoms with Crippen molar-refractivity contribution >= 4 is 11.8 Å². The molecule has 142 valence electrons. The molecule has 0 spiro atoms. The summed E-state index contributed by atoms with van der Waals surface area (Å²) in [6.45, 7) is 3.72. The first kappa shape index (κ1) is 18.6. The Morgan fingerprint density at radius 3 is 2.85 bits per heavy atom. The van der Waals surface area contributed by atoms with Gasteiger partial charge in [0, 0.05) is 31.2 Å². The second kappa shape index (κ2) is 8.49. The molecule has 3 rings (SSSR count). The minimum absolute atomic E-state index is 0.0472. The highest BCUT2D eigenvalue weighted by Crippen LogP contribution is 2.33. The van der Waals surface area contributed by atoms with Crippen LogP contribution in [0.3, 0.4) is 0 Å². The van der Waals surface area contributed by atoms with Gasteiger partial charge in [-0.05, 0) is 25.8 Å². The molecule has 0 bridgehead atoms. The largest absolute Gasteiger partial charge is 0.481 e. The standard InChI is InChI=1S/C19H27N3O4/c1-3-26-9-8-17(23)20-11-13-10-15-16(21-18(13)25-2)12-22(19(15)24)14-6-4-5-7-14/h10,14H,3-9,11-12H2,1-2H3,(H,20,23). The zero-order valence-corrected chi connectivity index (χ0v) is 15.5. The first-order chi connectivity index (χ1) is 12.6. The lowest BCUT2D eigenvalue weighted by molar-refractivity contribution is -0.122. The molecule has 0 radical (unpaired) electrons. The smallest absolute Gasteiger partial charge is 0.256 e. The number of methoxy groups -OCH3 is 1. The van der Waals surface area contributed by atoms with E-state index >= 15 is 0 Å². The van der Waals surface area contributed by atoms with Crippen LogP contribution in [0, 0.1) is 0 Å². The van der Waals surface area contributed by atoms with Gasteiger partial charge in [0.05, 0.1) is 31.5 Å². The molecule has 1 aliphatic carbocycles. The lowest BCUT2D eigenvalue weighted by atomic mass is 10.1. The molecule has 1 N–H and O–H groups in total. The molecular weight excluding hydrogens is 334 g/mol. The van der Waals surface area contributed by atoms with E-state index in [0.717, 1.165) is 24.1 Å². The maximum absolute atomic E-state index is 12.8. The van der Waals surface area contributed by atoms with E-state index < -0.39 is 0 Å². The third-order valence-electron chi connectivity index (χ3n) is 5.06. The maximum atomic E-state index is 12.8. The van der Waals surface area contributed by atoms with Crippen molar-refractivity contribution in [1.82, 2.24) is 15.2 Å². The van der Waals surface area contributed by atoms with Crippen LogP contribution in [-0.4, -0.2) is 48.1 Å². The molecule has 0 unspecified atom stereocenters. The Morgan fingerprint density at radius 1 is 1.38 bits per heavy atom. The second-order valence-electron chi connectivity index (χ2n) is 6.75. The van der Waals surface area contributed by atoms with Gasteiger partial charge in [0.1, 0.15) is 0 Å². The fourth-order valence-corrected chi connectivity index (χ4v) is 3.67. The van der Waals surface area contributed by atoms with Gasteiger partial charge in [-0.25, -0.2) is 4.98 Å². The van der Waals surface area contributed by atoms with Crippen LogP contribution in [-0.2, 0) is 22.6 Å². The number of rotatable bonds is 8. The number of aromatic nitrogens is 1. The van der Waals surface area contributed by atoms with Crippen LogP contribution >= 0.6 is 0 Å². The normalized spacial score (nSPS) is 16.8. The SMILES string of the molecule is CCOCCC(=O)NCc1cc2c(nc1OC)CN(C1CCCC1)C2=O. The van der Waals surface area contributed by atoms with Crippen LogP contribution in [0.2, 0.25) is 0 Å². The molecule has 0 aromatic carbocycles. The van der Waals surface area contributed by atoms with Gasteiger partial charge in [0.25, 0.3) is 5.91 Å². The highest BCUT2D eigenvalue weighted by atomic mass is 16.5. The molecule has 2 heterocycles. The van der Waals surface area contributed by atoms with Crippen molar-refractivity contribution in [2.45, 2.75) is 58.2 Å². The predicted octanol–water partition coefficient (Wildman–Crippen LogP) is 2.03. The minimum Gasteiger partial charge on any atom is -0.481 e. The van der Waals surface area contributed by atoms with Crippen LogP contribution in [0.25, 0.3) is 0 Å². The van der Waals surface area contributed by atoms with Gasteiger partial charge in [0.2, 0.25) is 11.8 Å². The van der Waals surface area contributed by atoms with Crippen LogP contribution in [0.15, 0.2) is 6.07 Å². The van der Waals surface area contributed by atoms with Gasteiger partial charge in [0.15, 0.2) is 0 Å². The van der Waals surface area contributed by atoms with Crippen molar-refractivity contribution in [1.29, 1.82) is 0 Å². The summed E-state index contributed by atoms with van der Waals surface area (Å²) >= 11 is 0. The lowest BCUT2D eigenvalue weighted by Crippen LogP contribution is -2.33. The van der Waals surface area contributed by atoms with Gasteiger partial charge in [-0.3, -0.25) is 9.59 Å². The number of amides is 2. The Hall–Kier alpha value is -2.15. The van der Waals surface area contributed by atoms with Crippen molar-refractivity contribution < 1.29 is 19.1 Å². The van der Waals surface area contributed by atoms with E-state index in [1.807, 2.05) is 17.9 Å². The average Bonchev–Trinajstić information content (AvgIpc) is 3.27. The third-order valence-corrected chi connectivity index (χ3v) is 5.06. The zero-order chi connectivity index (χ0) is 18.5. The van der Waals surface area contributed by atoms with E-state index in [2.05, 4.69) is 10.3 Å². The quantitative estimate of drug-likeness (QED) is 0.717. The molecule has 1 fully saturated rings. The molecule has 1 saturated carbocycles. The van der Waals surface area contributed by atoms with E-state index in [9.17, 15) is 9.59 Å². The lowest BCUT2D eigenvalue weighted by Gasteiger charge is -2.22. The Morgan fingerprint density at radius 2 is 2.15 bits per heavy atom. The van der Waals surface area contributed by atoms with E-state index in [4.69, 9.17) is 9.47 Å². The first-order valence-electron chi connectivity index (χ1n) is 9.36. The summed E-state index contributed by atoms with van der Waals surface area (Å²) in [5.74, 6) is 0.417. The Kier molecular flexibility index (Phi) is 6.08. The second-order valence-corrected chi connectivity index (χ2v) is 6.75. The highest BCUT2D eigenvalue weighted by Gasteiger charge is 2.35. The minimum atomic E-state index is -0.0973. The molecule has 0 saturated heterocycles. The summed E-state index contributed by atoms with van der Waals surface area (Å²) < 4.78 is 10.6. The topological polar surface area (TPSA) is 80.8 Å². The van der Waals surface area contributed by atoms with Gasteiger partial charge in [-0.2, -0.15) is 0 Å². The molecule has 7 heteroatoms. The van der Waals surface area contributed by atoms with Crippen LogP contribution in [0.4, 0.5) is 0 Å². The number of nitrogens with one attached hydrogen (secondary N) is 1. The van der Waals surface area contributed by atoms with E-state index in [1.54, 1.807) is 7.11 Å². The van der Waals surface area contributed by atoms with Crippen LogP contribution in [0.5, 0.6) is 5.88 Å². The van der Waals surface area contributed by atoms with Gasteiger partial charge < -0.3 is 19.7 Å². The number of carbonyl (C=O) groups excluding carboxylic acids is 2. The van der Waals surface area contributed by atoms with Gasteiger partial charge in [-0.15, -0.1) is 0 Å². The Balaban J connectivity index is 1.69. The van der Waals surface area contributed by atoms with E-state index in [-0.39, 0.29) is 18.4 Å². The number of pyridine rings is 1. The first-order valence-corrected chi connectivity index (χ1v) is 9.36. The number of ether oxygens (including phenoxy) is 2. The zero-order valence-electron chi connectivity index (χ0n) is 15.5. The molecule has 2 aliphatic rings. The molecule has 1 aromatic rings. The average molecular weight is 361 g/mol. The van der Waals surface area contributed by atoms with Gasteiger partial charge in [-0.1, -0.05) is 12.8 Å². The monoisotopic (exact) mass is 361 g/mol. The molecule has 1 aromatic heterocycles. The molecular formula is C19H27N3O4. The Bertz CT molecular complexity index is 671. The summed E-state index contributed by atoms with van der Waals surface area (Å²) in [6, 6.07) is 2.14. The Labute approximate surface area is 154 Å². The highest BCUT2D eigenvalue weighted by molar-refractivity contribution is 5.98. The van der Waals surface area contributed by atoms with Crippen LogP contribution in [0.1, 0.15) is 60.6 Å². The molecule has 26 heavy (non-hydrogen) atoms. The van der Waals surface area contributed by atoms with Crippen molar-refractivity contribution in [3.05, 3.63) is 22.9 Å².